The standard InChI is InChI=1S/C16H22N6/c1-5-13-14(9-17)16(22-21-15(13)6-2)18-10(3)7-12-8-11(4)19-20-12/h8,10H,5-7H2,1-4H3,(H,18,22)(H,19,20). The molecule has 0 saturated carbocycles. The van der Waals surface area contributed by atoms with Crippen LogP contribution >= 0.6 is 0 Å². The summed E-state index contributed by atoms with van der Waals surface area (Å²) >= 11 is 0. The zero-order valence-corrected chi connectivity index (χ0v) is 13.6. The van der Waals surface area contributed by atoms with Gasteiger partial charge in [0.05, 0.1) is 11.4 Å². The number of aryl methyl sites for hydroxylation is 2. The number of aromatic nitrogens is 4. The summed E-state index contributed by atoms with van der Waals surface area (Å²) in [5, 5.41) is 28.4. The van der Waals surface area contributed by atoms with Crippen molar-refractivity contribution in [3.05, 3.63) is 34.3 Å². The number of nitriles is 1. The number of nitrogens with zero attached hydrogens (tertiary/aromatic N) is 4. The van der Waals surface area contributed by atoms with Crippen LogP contribution in [-0.4, -0.2) is 26.4 Å². The van der Waals surface area contributed by atoms with Crippen LogP contribution < -0.4 is 5.32 Å². The van der Waals surface area contributed by atoms with Crippen LogP contribution in [0.1, 0.15) is 49.0 Å². The number of anilines is 1. The molecule has 0 aliphatic heterocycles. The Morgan fingerprint density at radius 3 is 2.64 bits per heavy atom. The van der Waals surface area contributed by atoms with E-state index >= 15 is 0 Å². The van der Waals surface area contributed by atoms with Crippen molar-refractivity contribution < 1.29 is 0 Å². The number of H-pyrrole nitrogens is 1. The Morgan fingerprint density at radius 1 is 1.32 bits per heavy atom. The molecule has 0 spiro atoms. The molecule has 0 aromatic carbocycles. The molecule has 2 heterocycles. The van der Waals surface area contributed by atoms with Gasteiger partial charge in [-0.2, -0.15) is 15.5 Å². The average Bonchev–Trinajstić information content (AvgIpc) is 2.91. The van der Waals surface area contributed by atoms with E-state index in [2.05, 4.69) is 31.8 Å². The third-order valence-electron chi connectivity index (χ3n) is 3.62. The zero-order chi connectivity index (χ0) is 16.1. The normalized spacial score (nSPS) is 12.0. The minimum atomic E-state index is 0.112. The largest absolute Gasteiger partial charge is 0.365 e. The van der Waals surface area contributed by atoms with E-state index in [0.717, 1.165) is 41.9 Å². The zero-order valence-electron chi connectivity index (χ0n) is 13.6. The van der Waals surface area contributed by atoms with Gasteiger partial charge < -0.3 is 5.32 Å². The molecule has 2 rings (SSSR count). The van der Waals surface area contributed by atoms with Gasteiger partial charge in [-0.1, -0.05) is 13.8 Å². The minimum absolute atomic E-state index is 0.112. The van der Waals surface area contributed by atoms with E-state index in [1.165, 1.54) is 0 Å². The smallest absolute Gasteiger partial charge is 0.167 e. The van der Waals surface area contributed by atoms with E-state index in [0.29, 0.717) is 11.4 Å². The molecule has 0 amide bonds. The second kappa shape index (κ2) is 7.03. The summed E-state index contributed by atoms with van der Waals surface area (Å²) < 4.78 is 0. The van der Waals surface area contributed by atoms with Crippen molar-refractivity contribution in [3.63, 3.8) is 0 Å². The van der Waals surface area contributed by atoms with Crippen molar-refractivity contribution in [3.8, 4) is 6.07 Å². The van der Waals surface area contributed by atoms with Gasteiger partial charge in [-0.05, 0) is 38.3 Å². The van der Waals surface area contributed by atoms with Gasteiger partial charge in [0, 0.05) is 18.2 Å². The van der Waals surface area contributed by atoms with Crippen LogP contribution in [0.15, 0.2) is 6.07 Å². The fourth-order valence-corrected chi connectivity index (χ4v) is 2.57. The Hall–Kier alpha value is -2.42. The van der Waals surface area contributed by atoms with Crippen LogP contribution in [-0.2, 0) is 19.3 Å². The molecule has 2 aromatic rings. The highest BCUT2D eigenvalue weighted by Gasteiger charge is 2.16. The van der Waals surface area contributed by atoms with Gasteiger partial charge in [0.15, 0.2) is 5.82 Å². The summed E-state index contributed by atoms with van der Waals surface area (Å²) in [5.41, 5.74) is 4.54. The lowest BCUT2D eigenvalue weighted by Gasteiger charge is -2.16. The molecule has 1 atom stereocenters. The lowest BCUT2D eigenvalue weighted by Crippen LogP contribution is -2.21. The van der Waals surface area contributed by atoms with Gasteiger partial charge in [0.25, 0.3) is 0 Å². The lowest BCUT2D eigenvalue weighted by atomic mass is 10.0. The molecule has 22 heavy (non-hydrogen) atoms. The molecular weight excluding hydrogens is 276 g/mol. The van der Waals surface area contributed by atoms with Crippen LogP contribution in [0.3, 0.4) is 0 Å². The Balaban J connectivity index is 2.20. The molecule has 1 unspecified atom stereocenters. The Bertz CT molecular complexity index is 682. The highest BCUT2D eigenvalue weighted by atomic mass is 15.2. The molecule has 6 nitrogen and oxygen atoms in total. The summed E-state index contributed by atoms with van der Waals surface area (Å²) in [5.74, 6) is 0.566. The first-order valence-electron chi connectivity index (χ1n) is 7.64. The van der Waals surface area contributed by atoms with E-state index in [1.807, 2.05) is 33.8 Å². The quantitative estimate of drug-likeness (QED) is 0.855. The van der Waals surface area contributed by atoms with Crippen molar-refractivity contribution in [2.45, 2.75) is 53.0 Å². The number of hydrogen-bond acceptors (Lipinski definition) is 5. The van der Waals surface area contributed by atoms with E-state index in [4.69, 9.17) is 0 Å². The summed E-state index contributed by atoms with van der Waals surface area (Å²) in [6.45, 7) is 8.09. The Morgan fingerprint density at radius 2 is 2.09 bits per heavy atom. The highest BCUT2D eigenvalue weighted by Crippen LogP contribution is 2.21. The first-order chi connectivity index (χ1) is 10.6. The van der Waals surface area contributed by atoms with Crippen LogP contribution in [0, 0.1) is 18.3 Å². The third kappa shape index (κ3) is 3.42. The van der Waals surface area contributed by atoms with E-state index in [-0.39, 0.29) is 6.04 Å². The van der Waals surface area contributed by atoms with Crippen molar-refractivity contribution in [1.82, 2.24) is 20.4 Å². The molecular formula is C16H22N6. The van der Waals surface area contributed by atoms with Gasteiger partial charge in [-0.25, -0.2) is 0 Å². The molecule has 0 saturated heterocycles. The minimum Gasteiger partial charge on any atom is -0.365 e. The molecule has 0 bridgehead atoms. The van der Waals surface area contributed by atoms with Crippen LogP contribution in [0.2, 0.25) is 0 Å². The SMILES string of the molecule is CCc1nnc(NC(C)Cc2cc(C)[nH]n2)c(C#N)c1CC. The fraction of sp³-hybridized carbons (Fsp3) is 0.500. The van der Waals surface area contributed by atoms with Crippen molar-refractivity contribution >= 4 is 5.82 Å². The van der Waals surface area contributed by atoms with E-state index in [1.54, 1.807) is 0 Å². The highest BCUT2D eigenvalue weighted by molar-refractivity contribution is 5.56. The van der Waals surface area contributed by atoms with Crippen molar-refractivity contribution in [2.75, 3.05) is 5.32 Å². The Labute approximate surface area is 131 Å². The van der Waals surface area contributed by atoms with Crippen molar-refractivity contribution in [2.24, 2.45) is 0 Å². The maximum Gasteiger partial charge on any atom is 0.167 e. The molecule has 0 aliphatic rings. The summed E-state index contributed by atoms with van der Waals surface area (Å²) in [4.78, 5) is 0. The van der Waals surface area contributed by atoms with Gasteiger partial charge >= 0.3 is 0 Å². The molecule has 6 heteroatoms. The molecule has 2 N–H and O–H groups in total. The molecule has 116 valence electrons. The number of nitrogens with one attached hydrogen (secondary N) is 2. The average molecular weight is 298 g/mol. The van der Waals surface area contributed by atoms with Crippen LogP contribution in [0.25, 0.3) is 0 Å². The second-order valence-electron chi connectivity index (χ2n) is 5.46. The summed E-state index contributed by atoms with van der Waals surface area (Å²) in [6.07, 6.45) is 2.32. The predicted octanol–water partition coefficient (Wildman–Crippen LogP) is 2.55. The first-order valence-corrected chi connectivity index (χ1v) is 7.64. The lowest BCUT2D eigenvalue weighted by molar-refractivity contribution is 0.750. The maximum absolute atomic E-state index is 9.48. The predicted molar refractivity (Wildman–Crippen MR) is 85.6 cm³/mol. The third-order valence-corrected chi connectivity index (χ3v) is 3.62. The first kappa shape index (κ1) is 16.0. The number of hydrogen-bond donors (Lipinski definition) is 2. The topological polar surface area (TPSA) is 90.3 Å². The summed E-state index contributed by atoms with van der Waals surface area (Å²) in [6, 6.07) is 4.41. The monoisotopic (exact) mass is 298 g/mol. The number of aromatic amines is 1. The van der Waals surface area contributed by atoms with Crippen LogP contribution in [0.5, 0.6) is 0 Å². The van der Waals surface area contributed by atoms with Gasteiger partial charge in [-0.15, -0.1) is 5.10 Å². The van der Waals surface area contributed by atoms with Gasteiger partial charge in [0.1, 0.15) is 11.6 Å². The van der Waals surface area contributed by atoms with Crippen LogP contribution in [0.4, 0.5) is 5.82 Å². The van der Waals surface area contributed by atoms with Gasteiger partial charge in [0.2, 0.25) is 0 Å². The van der Waals surface area contributed by atoms with E-state index < -0.39 is 0 Å². The second-order valence-corrected chi connectivity index (χ2v) is 5.46. The summed E-state index contributed by atoms with van der Waals surface area (Å²) in [7, 11) is 0. The Kier molecular flexibility index (Phi) is 5.10. The molecule has 0 radical (unpaired) electrons. The fourth-order valence-electron chi connectivity index (χ4n) is 2.57. The maximum atomic E-state index is 9.48. The van der Waals surface area contributed by atoms with Crippen molar-refractivity contribution in [1.29, 1.82) is 5.26 Å². The van der Waals surface area contributed by atoms with Gasteiger partial charge in [-0.3, -0.25) is 5.10 Å². The molecule has 2 aromatic heterocycles. The number of rotatable bonds is 6. The van der Waals surface area contributed by atoms with E-state index in [9.17, 15) is 5.26 Å². The molecule has 0 fully saturated rings. The molecule has 0 aliphatic carbocycles.